The molecule has 8 heteroatoms. The average molecular weight is 420 g/mol. The second kappa shape index (κ2) is 8.68. The Balaban J connectivity index is 1.72. The first-order valence-corrected chi connectivity index (χ1v) is 10.0. The van der Waals surface area contributed by atoms with Gasteiger partial charge in [-0.2, -0.15) is 5.26 Å². The number of aliphatic hydroxyl groups is 1. The summed E-state index contributed by atoms with van der Waals surface area (Å²) in [6.45, 7) is 2.98. The number of anilines is 1. The van der Waals surface area contributed by atoms with E-state index in [2.05, 4.69) is 4.90 Å². The zero-order valence-electron chi connectivity index (χ0n) is 16.8. The molecule has 2 heterocycles. The van der Waals surface area contributed by atoms with Crippen molar-refractivity contribution in [3.05, 3.63) is 71.2 Å². The summed E-state index contributed by atoms with van der Waals surface area (Å²) in [5.41, 5.74) is 1.82. The van der Waals surface area contributed by atoms with E-state index in [1.807, 2.05) is 11.0 Å². The Morgan fingerprint density at radius 3 is 2.16 bits per heavy atom. The van der Waals surface area contributed by atoms with Crippen molar-refractivity contribution >= 4 is 23.1 Å². The van der Waals surface area contributed by atoms with Crippen LogP contribution in [-0.4, -0.2) is 66.1 Å². The molecule has 0 radical (unpaired) electrons. The molecule has 0 bridgehead atoms. The maximum Gasteiger partial charge on any atom is 0.282 e. The molecule has 4 rings (SSSR count). The highest BCUT2D eigenvalue weighted by Gasteiger charge is 2.43. The van der Waals surface area contributed by atoms with Gasteiger partial charge in [0.05, 0.1) is 29.5 Å². The van der Waals surface area contributed by atoms with Gasteiger partial charge in [0.15, 0.2) is 0 Å². The molecule has 0 aromatic heterocycles. The summed E-state index contributed by atoms with van der Waals surface area (Å²) in [7, 11) is 0. The quantitative estimate of drug-likeness (QED) is 0.740. The molecule has 1 fully saturated rings. The number of piperazine rings is 1. The number of rotatable bonds is 5. The molecule has 2 aliphatic rings. The number of carbonyl (C=O) groups is 2. The van der Waals surface area contributed by atoms with Crippen molar-refractivity contribution in [3.63, 3.8) is 0 Å². The first kappa shape index (κ1) is 20.7. The first-order valence-electron chi connectivity index (χ1n) is 10.0. The number of amides is 2. The van der Waals surface area contributed by atoms with E-state index in [1.54, 1.807) is 24.3 Å². The van der Waals surface area contributed by atoms with E-state index in [1.165, 1.54) is 24.3 Å². The fourth-order valence-corrected chi connectivity index (χ4v) is 3.94. The largest absolute Gasteiger partial charge is 0.395 e. The molecule has 0 spiro atoms. The van der Waals surface area contributed by atoms with Crippen LogP contribution in [-0.2, 0) is 9.59 Å². The molecule has 0 unspecified atom stereocenters. The van der Waals surface area contributed by atoms with Crippen LogP contribution in [0.2, 0.25) is 0 Å². The molecule has 2 aromatic carbocycles. The summed E-state index contributed by atoms with van der Waals surface area (Å²) < 4.78 is 13.5. The SMILES string of the molecule is N#Cc1ccc(N2C(=O)C(c3ccc(F)cc3)=C(N3CCN(CCO)CC3)C2=O)cc1. The molecule has 7 nitrogen and oxygen atoms in total. The van der Waals surface area contributed by atoms with E-state index in [-0.39, 0.29) is 12.2 Å². The van der Waals surface area contributed by atoms with Crippen LogP contribution < -0.4 is 4.90 Å². The molecule has 1 N–H and O–H groups in total. The Morgan fingerprint density at radius 1 is 0.935 bits per heavy atom. The molecule has 31 heavy (non-hydrogen) atoms. The number of carbonyl (C=O) groups excluding carboxylic acids is 2. The maximum absolute atomic E-state index is 13.5. The van der Waals surface area contributed by atoms with Gasteiger partial charge in [-0.1, -0.05) is 12.1 Å². The number of nitriles is 1. The standard InChI is InChI=1S/C23H21FN4O3/c24-18-5-3-17(4-6-18)20-21(27-11-9-26(10-12-27)13-14-29)23(31)28(22(20)30)19-7-1-16(15-25)2-8-19/h1-8,29H,9-14H2. The predicted octanol–water partition coefficient (Wildman–Crippen LogP) is 1.59. The van der Waals surface area contributed by atoms with Gasteiger partial charge in [-0.05, 0) is 42.0 Å². The van der Waals surface area contributed by atoms with Crippen molar-refractivity contribution in [2.24, 2.45) is 0 Å². The van der Waals surface area contributed by atoms with Crippen LogP contribution in [0.15, 0.2) is 54.2 Å². The lowest BCUT2D eigenvalue weighted by molar-refractivity contribution is -0.120. The van der Waals surface area contributed by atoms with Gasteiger partial charge in [0.1, 0.15) is 11.5 Å². The molecule has 2 aromatic rings. The van der Waals surface area contributed by atoms with Crippen LogP contribution in [0, 0.1) is 17.1 Å². The first-order chi connectivity index (χ1) is 15.0. The lowest BCUT2D eigenvalue weighted by Crippen LogP contribution is -2.48. The number of nitrogens with zero attached hydrogens (tertiary/aromatic N) is 4. The predicted molar refractivity (Wildman–Crippen MR) is 112 cm³/mol. The lowest BCUT2D eigenvalue weighted by Gasteiger charge is -2.36. The Hall–Kier alpha value is -3.54. The molecule has 0 atom stereocenters. The summed E-state index contributed by atoms with van der Waals surface area (Å²) in [6, 6.07) is 13.8. The summed E-state index contributed by atoms with van der Waals surface area (Å²) in [4.78, 5) is 31.9. The highest BCUT2D eigenvalue weighted by molar-refractivity contribution is 6.45. The Kier molecular flexibility index (Phi) is 5.80. The molecular formula is C23H21FN4O3. The van der Waals surface area contributed by atoms with E-state index in [9.17, 15) is 14.0 Å². The number of β-amino-alcohol motifs (C(OH)–C–C–N with tert-alkyl or cyclic N) is 1. The number of halogens is 1. The highest BCUT2D eigenvalue weighted by Crippen LogP contribution is 2.35. The smallest absolute Gasteiger partial charge is 0.282 e. The molecule has 2 aliphatic heterocycles. The molecule has 0 saturated carbocycles. The normalized spacial score (nSPS) is 17.5. The minimum atomic E-state index is -0.478. The van der Waals surface area contributed by atoms with Crippen molar-refractivity contribution in [1.82, 2.24) is 9.80 Å². The monoisotopic (exact) mass is 420 g/mol. The highest BCUT2D eigenvalue weighted by atomic mass is 19.1. The third-order valence-electron chi connectivity index (χ3n) is 5.55. The van der Waals surface area contributed by atoms with Gasteiger partial charge in [-0.3, -0.25) is 14.5 Å². The fourth-order valence-electron chi connectivity index (χ4n) is 3.94. The topological polar surface area (TPSA) is 87.9 Å². The van der Waals surface area contributed by atoms with Gasteiger partial charge in [0.25, 0.3) is 11.8 Å². The minimum absolute atomic E-state index is 0.0629. The van der Waals surface area contributed by atoms with E-state index in [0.29, 0.717) is 55.2 Å². The van der Waals surface area contributed by atoms with E-state index >= 15 is 0 Å². The van der Waals surface area contributed by atoms with Crippen molar-refractivity contribution in [2.75, 3.05) is 44.2 Å². The third kappa shape index (κ3) is 3.93. The summed E-state index contributed by atoms with van der Waals surface area (Å²) in [6.07, 6.45) is 0. The number of imide groups is 1. The van der Waals surface area contributed by atoms with Crippen LogP contribution in [0.5, 0.6) is 0 Å². The van der Waals surface area contributed by atoms with Crippen molar-refractivity contribution < 1.29 is 19.1 Å². The molecule has 2 amide bonds. The van der Waals surface area contributed by atoms with E-state index in [0.717, 1.165) is 4.90 Å². The second-order valence-electron chi connectivity index (χ2n) is 7.39. The van der Waals surface area contributed by atoms with Gasteiger partial charge in [0.2, 0.25) is 0 Å². The van der Waals surface area contributed by atoms with Gasteiger partial charge in [0, 0.05) is 32.7 Å². The minimum Gasteiger partial charge on any atom is -0.395 e. The Labute approximate surface area is 179 Å². The Morgan fingerprint density at radius 2 is 1.58 bits per heavy atom. The second-order valence-corrected chi connectivity index (χ2v) is 7.39. The average Bonchev–Trinajstić information content (AvgIpc) is 3.05. The van der Waals surface area contributed by atoms with Gasteiger partial charge in [-0.15, -0.1) is 0 Å². The van der Waals surface area contributed by atoms with Gasteiger partial charge in [-0.25, -0.2) is 9.29 Å². The molecule has 1 saturated heterocycles. The van der Waals surface area contributed by atoms with Gasteiger partial charge >= 0.3 is 0 Å². The third-order valence-corrected chi connectivity index (χ3v) is 5.55. The Bertz CT molecular complexity index is 1070. The number of benzene rings is 2. The summed E-state index contributed by atoms with van der Waals surface area (Å²) in [5.74, 6) is -1.34. The van der Waals surface area contributed by atoms with Crippen LogP contribution in [0.25, 0.3) is 5.57 Å². The maximum atomic E-state index is 13.5. The molecule has 0 aliphatic carbocycles. The van der Waals surface area contributed by atoms with E-state index < -0.39 is 17.6 Å². The molecule has 158 valence electrons. The fraction of sp³-hybridized carbons (Fsp3) is 0.261. The van der Waals surface area contributed by atoms with Crippen LogP contribution >= 0.6 is 0 Å². The summed E-state index contributed by atoms with van der Waals surface area (Å²) in [5, 5.41) is 18.2. The van der Waals surface area contributed by atoms with Crippen molar-refractivity contribution in [1.29, 1.82) is 5.26 Å². The summed E-state index contributed by atoms with van der Waals surface area (Å²) >= 11 is 0. The van der Waals surface area contributed by atoms with E-state index in [4.69, 9.17) is 10.4 Å². The zero-order chi connectivity index (χ0) is 22.0. The van der Waals surface area contributed by atoms with Crippen LogP contribution in [0.1, 0.15) is 11.1 Å². The van der Waals surface area contributed by atoms with Crippen molar-refractivity contribution in [3.8, 4) is 6.07 Å². The number of hydrogen-bond donors (Lipinski definition) is 1. The van der Waals surface area contributed by atoms with Crippen molar-refractivity contribution in [2.45, 2.75) is 0 Å². The van der Waals surface area contributed by atoms with Gasteiger partial charge < -0.3 is 10.0 Å². The number of aliphatic hydroxyl groups excluding tert-OH is 1. The molecular weight excluding hydrogens is 399 g/mol. The number of hydrogen-bond acceptors (Lipinski definition) is 6. The van der Waals surface area contributed by atoms with Crippen LogP contribution in [0.3, 0.4) is 0 Å². The van der Waals surface area contributed by atoms with Crippen LogP contribution in [0.4, 0.5) is 10.1 Å². The lowest BCUT2D eigenvalue weighted by atomic mass is 10.0. The zero-order valence-corrected chi connectivity index (χ0v) is 16.8.